The Hall–Kier alpha value is -2.96. The lowest BCUT2D eigenvalue weighted by Crippen LogP contribution is -2.51. The molecule has 2 fully saturated rings. The standard InChI is InChI=1S/C30H38N2O8S/c1-19(2)15-32(41(35,36)23-11-9-22(37-3)10-12-23)16-27(33)26(13-20-7-5-4-6-8-20)31-30(34)40-28-21-14-24-25(28)18-39-29(24)38-17-21/h4-12,19,21,24,26-27,29,33H,13-18H2,1-3H3,(H,31,34)/t21?,24?,26-,27+,29?/m0/s1. The fourth-order valence-corrected chi connectivity index (χ4v) is 7.37. The topological polar surface area (TPSA) is 124 Å². The number of amides is 1. The Balaban J connectivity index is 1.35. The first-order valence-corrected chi connectivity index (χ1v) is 15.4. The molecule has 0 radical (unpaired) electrons. The Bertz CT molecular complexity index is 1350. The number of aliphatic hydroxyl groups excluding tert-OH is 1. The molecule has 0 spiro atoms. The fraction of sp³-hybridized carbons (Fsp3) is 0.500. The zero-order valence-corrected chi connectivity index (χ0v) is 24.4. The number of nitrogens with one attached hydrogen (secondary N) is 1. The molecule has 2 N–H and O–H groups in total. The number of sulfonamides is 1. The second-order valence-electron chi connectivity index (χ2n) is 11.2. The molecule has 222 valence electrons. The van der Waals surface area contributed by atoms with Gasteiger partial charge >= 0.3 is 6.09 Å². The smallest absolute Gasteiger partial charge is 0.412 e. The highest BCUT2D eigenvalue weighted by Crippen LogP contribution is 2.48. The van der Waals surface area contributed by atoms with E-state index >= 15 is 0 Å². The Morgan fingerprint density at radius 3 is 2.51 bits per heavy atom. The van der Waals surface area contributed by atoms with Gasteiger partial charge in [0.25, 0.3) is 0 Å². The summed E-state index contributed by atoms with van der Waals surface area (Å²) in [5.41, 5.74) is 1.84. The van der Waals surface area contributed by atoms with Crippen molar-refractivity contribution < 1.29 is 37.3 Å². The third-order valence-electron chi connectivity index (χ3n) is 7.79. The molecule has 1 amide bonds. The first kappa shape index (κ1) is 29.5. The van der Waals surface area contributed by atoms with Gasteiger partial charge in [0.05, 0.1) is 37.4 Å². The Kier molecular flexibility index (Phi) is 9.00. The van der Waals surface area contributed by atoms with E-state index in [1.807, 2.05) is 44.2 Å². The van der Waals surface area contributed by atoms with E-state index in [1.165, 1.54) is 23.5 Å². The van der Waals surface area contributed by atoms with Crippen molar-refractivity contribution in [2.24, 2.45) is 17.8 Å². The first-order valence-electron chi connectivity index (χ1n) is 14.0. The van der Waals surface area contributed by atoms with Gasteiger partial charge in [-0.2, -0.15) is 4.31 Å². The number of carbonyl (C=O) groups is 1. The van der Waals surface area contributed by atoms with E-state index in [0.717, 1.165) is 17.6 Å². The molecule has 2 aromatic rings. The normalized spacial score (nSPS) is 23.1. The molecule has 41 heavy (non-hydrogen) atoms. The van der Waals surface area contributed by atoms with E-state index in [4.69, 9.17) is 18.9 Å². The number of methoxy groups -OCH3 is 1. The van der Waals surface area contributed by atoms with Crippen LogP contribution >= 0.6 is 0 Å². The minimum absolute atomic E-state index is 0.00412. The number of alkyl carbamates (subject to hydrolysis) is 1. The number of benzene rings is 2. The molecule has 1 aliphatic carbocycles. The van der Waals surface area contributed by atoms with Gasteiger partial charge in [-0.1, -0.05) is 44.2 Å². The zero-order chi connectivity index (χ0) is 29.1. The molecule has 2 aromatic carbocycles. The summed E-state index contributed by atoms with van der Waals surface area (Å²) >= 11 is 0. The first-order chi connectivity index (χ1) is 19.7. The van der Waals surface area contributed by atoms with E-state index in [0.29, 0.717) is 24.7 Å². The average Bonchev–Trinajstić information content (AvgIpc) is 3.49. The van der Waals surface area contributed by atoms with Gasteiger partial charge in [0.2, 0.25) is 10.0 Å². The van der Waals surface area contributed by atoms with Crippen LogP contribution in [0.15, 0.2) is 70.8 Å². The maximum absolute atomic E-state index is 13.6. The van der Waals surface area contributed by atoms with Crippen LogP contribution in [-0.4, -0.2) is 75.8 Å². The molecule has 10 nitrogen and oxygen atoms in total. The second-order valence-corrected chi connectivity index (χ2v) is 13.2. The van der Waals surface area contributed by atoms with Crippen LogP contribution in [0.5, 0.6) is 5.75 Å². The summed E-state index contributed by atoms with van der Waals surface area (Å²) in [5.74, 6) is 1.22. The summed E-state index contributed by atoms with van der Waals surface area (Å²) in [6.07, 6.45) is -1.10. The molecule has 0 saturated carbocycles. The molecular formula is C30H38N2O8S. The number of rotatable bonds is 12. The third-order valence-corrected chi connectivity index (χ3v) is 9.64. The van der Waals surface area contributed by atoms with E-state index in [2.05, 4.69) is 5.32 Å². The number of carbonyl (C=O) groups excluding carboxylic acids is 1. The van der Waals surface area contributed by atoms with Crippen molar-refractivity contribution in [2.45, 2.75) is 50.0 Å². The molecular weight excluding hydrogens is 548 g/mol. The Labute approximate surface area is 241 Å². The second kappa shape index (κ2) is 12.5. The highest BCUT2D eigenvalue weighted by atomic mass is 32.2. The van der Waals surface area contributed by atoms with Crippen molar-refractivity contribution in [3.05, 3.63) is 71.5 Å². The molecule has 2 bridgehead atoms. The summed E-state index contributed by atoms with van der Waals surface area (Å²) in [6, 6.07) is 14.7. The number of hydrogen-bond acceptors (Lipinski definition) is 8. The van der Waals surface area contributed by atoms with Crippen molar-refractivity contribution in [1.29, 1.82) is 0 Å². The third kappa shape index (κ3) is 6.60. The molecule has 3 aliphatic rings. The van der Waals surface area contributed by atoms with Crippen LogP contribution in [0.25, 0.3) is 0 Å². The van der Waals surface area contributed by atoms with Gasteiger partial charge in [-0.3, -0.25) is 0 Å². The average molecular weight is 587 g/mol. The van der Waals surface area contributed by atoms with Crippen LogP contribution in [0.3, 0.4) is 0 Å². The minimum Gasteiger partial charge on any atom is -0.497 e. The van der Waals surface area contributed by atoms with Gasteiger partial charge in [-0.25, -0.2) is 13.2 Å². The van der Waals surface area contributed by atoms with Crippen LogP contribution in [0.2, 0.25) is 0 Å². The van der Waals surface area contributed by atoms with Gasteiger partial charge in [0.1, 0.15) is 11.5 Å². The number of fused-ring (bicyclic) bond motifs is 1. The zero-order valence-electron chi connectivity index (χ0n) is 23.6. The van der Waals surface area contributed by atoms with Gasteiger partial charge < -0.3 is 29.4 Å². The van der Waals surface area contributed by atoms with E-state index in [9.17, 15) is 18.3 Å². The maximum atomic E-state index is 13.6. The lowest BCUT2D eigenvalue weighted by molar-refractivity contribution is -0.161. The number of ether oxygens (including phenoxy) is 4. The van der Waals surface area contributed by atoms with Crippen molar-refractivity contribution in [3.8, 4) is 5.75 Å². The van der Waals surface area contributed by atoms with E-state index in [1.54, 1.807) is 12.1 Å². The van der Waals surface area contributed by atoms with Crippen molar-refractivity contribution >= 4 is 16.1 Å². The lowest BCUT2D eigenvalue weighted by Gasteiger charge is -2.31. The van der Waals surface area contributed by atoms with E-state index < -0.39 is 28.3 Å². The van der Waals surface area contributed by atoms with Gasteiger partial charge in [0.15, 0.2) is 6.29 Å². The number of aliphatic hydroxyl groups is 1. The van der Waals surface area contributed by atoms with Crippen LogP contribution in [0.4, 0.5) is 4.79 Å². The molecule has 2 aliphatic heterocycles. The minimum atomic E-state index is -3.95. The van der Waals surface area contributed by atoms with Crippen molar-refractivity contribution in [3.63, 3.8) is 0 Å². The van der Waals surface area contributed by atoms with Crippen LogP contribution in [0, 0.1) is 17.8 Å². The highest BCUT2D eigenvalue weighted by Gasteiger charge is 2.49. The molecule has 2 heterocycles. The SMILES string of the molecule is COc1ccc(S(=O)(=O)N(CC(C)C)C[C@@H](O)[C@H](Cc2ccccc2)NC(=O)OC2=C3COC4OCC2CC34)cc1. The highest BCUT2D eigenvalue weighted by molar-refractivity contribution is 7.89. The van der Waals surface area contributed by atoms with Crippen molar-refractivity contribution in [2.75, 3.05) is 33.4 Å². The van der Waals surface area contributed by atoms with E-state index in [-0.39, 0.29) is 48.4 Å². The number of hydrogen-bond donors (Lipinski definition) is 2. The molecule has 2 saturated heterocycles. The number of nitrogens with zero attached hydrogens (tertiary/aromatic N) is 1. The molecule has 11 heteroatoms. The van der Waals surface area contributed by atoms with Crippen molar-refractivity contribution in [1.82, 2.24) is 9.62 Å². The molecule has 3 unspecified atom stereocenters. The quantitative estimate of drug-likeness (QED) is 0.388. The largest absolute Gasteiger partial charge is 0.497 e. The molecule has 5 atom stereocenters. The summed E-state index contributed by atoms with van der Waals surface area (Å²) in [5, 5.41) is 14.3. The predicted molar refractivity (Wildman–Crippen MR) is 150 cm³/mol. The van der Waals surface area contributed by atoms with Crippen LogP contribution in [0.1, 0.15) is 25.8 Å². The van der Waals surface area contributed by atoms with Gasteiger partial charge in [-0.05, 0) is 48.6 Å². The van der Waals surface area contributed by atoms with Crippen LogP contribution in [-0.2, 0) is 30.7 Å². The summed E-state index contributed by atoms with van der Waals surface area (Å²) in [7, 11) is -2.44. The summed E-state index contributed by atoms with van der Waals surface area (Å²) < 4.78 is 51.0. The monoisotopic (exact) mass is 586 g/mol. The summed E-state index contributed by atoms with van der Waals surface area (Å²) in [6.45, 7) is 4.59. The predicted octanol–water partition coefficient (Wildman–Crippen LogP) is 3.32. The Morgan fingerprint density at radius 2 is 1.83 bits per heavy atom. The maximum Gasteiger partial charge on any atom is 0.412 e. The van der Waals surface area contributed by atoms with Crippen LogP contribution < -0.4 is 10.1 Å². The summed E-state index contributed by atoms with van der Waals surface area (Å²) in [4.78, 5) is 13.3. The Morgan fingerprint density at radius 1 is 1.10 bits per heavy atom. The fourth-order valence-electron chi connectivity index (χ4n) is 5.75. The van der Waals surface area contributed by atoms with Gasteiger partial charge in [0, 0.05) is 30.5 Å². The van der Waals surface area contributed by atoms with Gasteiger partial charge in [-0.15, -0.1) is 0 Å². The molecule has 5 rings (SSSR count). The molecule has 0 aromatic heterocycles. The lowest BCUT2D eigenvalue weighted by atomic mass is 9.99.